The highest BCUT2D eigenvalue weighted by molar-refractivity contribution is 5.85. The first-order chi connectivity index (χ1) is 11.6. The summed E-state index contributed by atoms with van der Waals surface area (Å²) in [6.07, 6.45) is 5.87. The van der Waals surface area contributed by atoms with Gasteiger partial charge in [0.1, 0.15) is 5.82 Å². The van der Waals surface area contributed by atoms with Gasteiger partial charge in [0.25, 0.3) is 0 Å². The molecule has 0 bridgehead atoms. The standard InChI is InChI=1S/C17H20N4O3/c1-11-8-21(9-12(2)24-11)17-14(10-22)4-13(5-19-17)15-6-18-7-16(20-15)23-3/h4-7,10-12H,8-9H2,1-3H3/t11-,12+. The summed E-state index contributed by atoms with van der Waals surface area (Å²) < 4.78 is 10.8. The summed E-state index contributed by atoms with van der Waals surface area (Å²) in [6, 6.07) is 1.78. The number of aldehydes is 1. The predicted octanol–water partition coefficient (Wildman–Crippen LogP) is 1.97. The number of morpholine rings is 1. The van der Waals surface area contributed by atoms with E-state index in [1.807, 2.05) is 13.8 Å². The van der Waals surface area contributed by atoms with Crippen LogP contribution in [0.25, 0.3) is 11.3 Å². The van der Waals surface area contributed by atoms with Crippen LogP contribution in [0.3, 0.4) is 0 Å². The predicted molar refractivity (Wildman–Crippen MR) is 89.4 cm³/mol. The van der Waals surface area contributed by atoms with Gasteiger partial charge in [-0.15, -0.1) is 0 Å². The van der Waals surface area contributed by atoms with Gasteiger partial charge in [-0.3, -0.25) is 9.78 Å². The van der Waals surface area contributed by atoms with Gasteiger partial charge in [-0.05, 0) is 19.9 Å². The lowest BCUT2D eigenvalue weighted by atomic mass is 10.1. The van der Waals surface area contributed by atoms with Crippen molar-refractivity contribution >= 4 is 12.1 Å². The molecule has 2 aromatic rings. The van der Waals surface area contributed by atoms with Crippen molar-refractivity contribution in [2.24, 2.45) is 0 Å². The molecule has 0 spiro atoms. The minimum atomic E-state index is 0.0963. The molecule has 126 valence electrons. The van der Waals surface area contributed by atoms with Crippen LogP contribution < -0.4 is 9.64 Å². The van der Waals surface area contributed by atoms with Crippen LogP contribution in [0.15, 0.2) is 24.7 Å². The Labute approximate surface area is 140 Å². The topological polar surface area (TPSA) is 77.4 Å². The van der Waals surface area contributed by atoms with Gasteiger partial charge in [0.05, 0.1) is 43.0 Å². The first-order valence-electron chi connectivity index (χ1n) is 7.82. The van der Waals surface area contributed by atoms with Crippen LogP contribution in [-0.2, 0) is 4.74 Å². The van der Waals surface area contributed by atoms with Crippen LogP contribution in [0.1, 0.15) is 24.2 Å². The van der Waals surface area contributed by atoms with Crippen LogP contribution in [0.4, 0.5) is 5.82 Å². The van der Waals surface area contributed by atoms with Crippen LogP contribution in [-0.4, -0.2) is 53.6 Å². The van der Waals surface area contributed by atoms with Crippen molar-refractivity contribution in [2.75, 3.05) is 25.1 Å². The number of hydrogen-bond donors (Lipinski definition) is 0. The van der Waals surface area contributed by atoms with E-state index in [0.717, 1.165) is 11.8 Å². The smallest absolute Gasteiger partial charge is 0.232 e. The molecule has 1 fully saturated rings. The molecule has 0 aromatic carbocycles. The van der Waals surface area contributed by atoms with Gasteiger partial charge in [0, 0.05) is 24.8 Å². The fourth-order valence-electron chi connectivity index (χ4n) is 2.90. The van der Waals surface area contributed by atoms with Crippen molar-refractivity contribution < 1.29 is 14.3 Å². The molecule has 0 unspecified atom stereocenters. The van der Waals surface area contributed by atoms with Crippen molar-refractivity contribution in [3.63, 3.8) is 0 Å². The van der Waals surface area contributed by atoms with E-state index in [2.05, 4.69) is 19.9 Å². The van der Waals surface area contributed by atoms with E-state index in [1.54, 1.807) is 18.5 Å². The Kier molecular flexibility index (Phi) is 4.71. The average Bonchev–Trinajstić information content (AvgIpc) is 2.60. The monoisotopic (exact) mass is 328 g/mol. The highest BCUT2D eigenvalue weighted by atomic mass is 16.5. The summed E-state index contributed by atoms with van der Waals surface area (Å²) in [7, 11) is 1.53. The molecule has 7 heteroatoms. The van der Waals surface area contributed by atoms with Crippen molar-refractivity contribution in [3.05, 3.63) is 30.2 Å². The zero-order valence-electron chi connectivity index (χ0n) is 14.0. The lowest BCUT2D eigenvalue weighted by Gasteiger charge is -2.36. The third-order valence-electron chi connectivity index (χ3n) is 3.86. The Morgan fingerprint density at radius 2 is 2.00 bits per heavy atom. The van der Waals surface area contributed by atoms with Crippen molar-refractivity contribution in [3.8, 4) is 17.1 Å². The molecule has 0 amide bonds. The van der Waals surface area contributed by atoms with Gasteiger partial charge < -0.3 is 14.4 Å². The highest BCUT2D eigenvalue weighted by Gasteiger charge is 2.25. The fraction of sp³-hybridized carbons (Fsp3) is 0.412. The van der Waals surface area contributed by atoms with Crippen LogP contribution >= 0.6 is 0 Å². The van der Waals surface area contributed by atoms with E-state index >= 15 is 0 Å². The number of rotatable bonds is 4. The van der Waals surface area contributed by atoms with Crippen molar-refractivity contribution in [1.82, 2.24) is 15.0 Å². The van der Waals surface area contributed by atoms with Crippen LogP contribution in [0, 0.1) is 0 Å². The van der Waals surface area contributed by atoms with Crippen LogP contribution in [0.2, 0.25) is 0 Å². The second-order valence-corrected chi connectivity index (χ2v) is 5.86. The first-order valence-corrected chi connectivity index (χ1v) is 7.82. The Morgan fingerprint density at radius 1 is 1.25 bits per heavy atom. The highest BCUT2D eigenvalue weighted by Crippen LogP contribution is 2.26. The number of ether oxygens (including phenoxy) is 2. The average molecular weight is 328 g/mol. The van der Waals surface area contributed by atoms with Gasteiger partial charge in [-0.2, -0.15) is 0 Å². The van der Waals surface area contributed by atoms with E-state index in [9.17, 15) is 4.79 Å². The minimum Gasteiger partial charge on any atom is -0.480 e. The zero-order valence-corrected chi connectivity index (χ0v) is 14.0. The summed E-state index contributed by atoms with van der Waals surface area (Å²) in [4.78, 5) is 26.6. The van der Waals surface area contributed by atoms with Gasteiger partial charge in [0.2, 0.25) is 5.88 Å². The van der Waals surface area contributed by atoms with Crippen molar-refractivity contribution in [1.29, 1.82) is 0 Å². The normalized spacial score (nSPS) is 20.7. The molecule has 2 atom stereocenters. The number of methoxy groups -OCH3 is 1. The molecule has 2 aromatic heterocycles. The molecule has 1 saturated heterocycles. The lowest BCUT2D eigenvalue weighted by molar-refractivity contribution is -0.00549. The molecule has 0 radical (unpaired) electrons. The van der Waals surface area contributed by atoms with E-state index in [-0.39, 0.29) is 12.2 Å². The number of anilines is 1. The number of aromatic nitrogens is 3. The Morgan fingerprint density at radius 3 is 2.67 bits per heavy atom. The number of carbonyl (C=O) groups excluding carboxylic acids is 1. The maximum Gasteiger partial charge on any atom is 0.232 e. The molecule has 0 N–H and O–H groups in total. The van der Waals surface area contributed by atoms with Gasteiger partial charge in [-0.1, -0.05) is 0 Å². The lowest BCUT2D eigenvalue weighted by Crippen LogP contribution is -2.46. The van der Waals surface area contributed by atoms with E-state index < -0.39 is 0 Å². The fourth-order valence-corrected chi connectivity index (χ4v) is 2.90. The third-order valence-corrected chi connectivity index (χ3v) is 3.86. The van der Waals surface area contributed by atoms with E-state index in [0.29, 0.717) is 36.0 Å². The summed E-state index contributed by atoms with van der Waals surface area (Å²) in [5, 5.41) is 0. The number of carbonyl (C=O) groups is 1. The summed E-state index contributed by atoms with van der Waals surface area (Å²) >= 11 is 0. The van der Waals surface area contributed by atoms with Crippen molar-refractivity contribution in [2.45, 2.75) is 26.1 Å². The summed E-state index contributed by atoms with van der Waals surface area (Å²) in [5.41, 5.74) is 1.86. The molecule has 3 rings (SSSR count). The van der Waals surface area contributed by atoms with Gasteiger partial charge >= 0.3 is 0 Å². The molecular formula is C17H20N4O3. The Hall–Kier alpha value is -2.54. The maximum absolute atomic E-state index is 11.6. The number of hydrogen-bond acceptors (Lipinski definition) is 7. The molecule has 0 saturated carbocycles. The maximum atomic E-state index is 11.6. The summed E-state index contributed by atoms with van der Waals surface area (Å²) in [6.45, 7) is 5.44. The quantitative estimate of drug-likeness (QED) is 0.794. The molecule has 1 aliphatic rings. The van der Waals surface area contributed by atoms with Gasteiger partial charge in [-0.25, -0.2) is 9.97 Å². The molecule has 1 aliphatic heterocycles. The zero-order chi connectivity index (χ0) is 17.1. The molecule has 0 aliphatic carbocycles. The molecule has 24 heavy (non-hydrogen) atoms. The second-order valence-electron chi connectivity index (χ2n) is 5.86. The SMILES string of the molecule is COc1cncc(-c2cnc(N3C[C@@H](C)O[C@@H](C)C3)c(C=O)c2)n1. The molecular weight excluding hydrogens is 308 g/mol. The third kappa shape index (κ3) is 3.35. The van der Waals surface area contributed by atoms with E-state index in [4.69, 9.17) is 9.47 Å². The minimum absolute atomic E-state index is 0.0963. The van der Waals surface area contributed by atoms with E-state index in [1.165, 1.54) is 13.3 Å². The Bertz CT molecular complexity index is 728. The molecule has 3 heterocycles. The number of pyridine rings is 1. The molecule has 7 nitrogen and oxygen atoms in total. The van der Waals surface area contributed by atoms with Crippen LogP contribution in [0.5, 0.6) is 5.88 Å². The Balaban J connectivity index is 1.94. The summed E-state index contributed by atoms with van der Waals surface area (Å²) in [5.74, 6) is 1.09. The largest absolute Gasteiger partial charge is 0.480 e. The second kappa shape index (κ2) is 6.92. The van der Waals surface area contributed by atoms with Gasteiger partial charge in [0.15, 0.2) is 6.29 Å². The number of nitrogens with zero attached hydrogens (tertiary/aromatic N) is 4. The first kappa shape index (κ1) is 16.3.